The van der Waals surface area contributed by atoms with Crippen molar-refractivity contribution in [1.82, 2.24) is 20.1 Å². The van der Waals surface area contributed by atoms with Crippen molar-refractivity contribution >= 4 is 11.3 Å². The predicted molar refractivity (Wildman–Crippen MR) is 70.0 cm³/mol. The van der Waals surface area contributed by atoms with E-state index in [1.807, 2.05) is 17.1 Å². The number of hydrogen-bond acceptors (Lipinski definition) is 4. The molecule has 0 aliphatic heterocycles. The molecular weight excluding hydrogens is 232 g/mol. The van der Waals surface area contributed by atoms with Crippen LogP contribution in [0.2, 0.25) is 0 Å². The lowest BCUT2D eigenvalue weighted by atomic mass is 10.3. The van der Waals surface area contributed by atoms with Gasteiger partial charge in [0.25, 0.3) is 0 Å². The predicted octanol–water partition coefficient (Wildman–Crippen LogP) is 2.52. The molecule has 4 nitrogen and oxygen atoms in total. The molecule has 0 aromatic carbocycles. The Morgan fingerprint density at radius 3 is 2.88 bits per heavy atom. The third kappa shape index (κ3) is 3.14. The van der Waals surface area contributed by atoms with Gasteiger partial charge in [-0.3, -0.25) is 4.68 Å². The van der Waals surface area contributed by atoms with Crippen molar-refractivity contribution in [3.63, 3.8) is 0 Å². The van der Waals surface area contributed by atoms with Crippen molar-refractivity contribution in [2.45, 2.75) is 39.9 Å². The van der Waals surface area contributed by atoms with Crippen LogP contribution in [0.1, 0.15) is 35.3 Å². The SMILES string of the molecule is CCn1cc(CNC(C)c2ncc(C)s2)cn1. The molecule has 1 atom stereocenters. The molecule has 0 radical (unpaired) electrons. The number of aromatic nitrogens is 3. The summed E-state index contributed by atoms with van der Waals surface area (Å²) in [7, 11) is 0. The molecule has 0 fully saturated rings. The summed E-state index contributed by atoms with van der Waals surface area (Å²) in [5, 5.41) is 8.86. The van der Waals surface area contributed by atoms with E-state index in [0.717, 1.165) is 18.1 Å². The second-order valence-electron chi connectivity index (χ2n) is 4.12. The van der Waals surface area contributed by atoms with Crippen LogP contribution in [0.4, 0.5) is 0 Å². The Hall–Kier alpha value is -1.20. The first kappa shape index (κ1) is 12.3. The van der Waals surface area contributed by atoms with Gasteiger partial charge in [0.2, 0.25) is 0 Å². The van der Waals surface area contributed by atoms with Crippen LogP contribution in [0.25, 0.3) is 0 Å². The number of rotatable bonds is 5. The van der Waals surface area contributed by atoms with E-state index in [1.54, 1.807) is 11.3 Å². The molecule has 2 aromatic rings. The highest BCUT2D eigenvalue weighted by Crippen LogP contribution is 2.19. The van der Waals surface area contributed by atoms with E-state index >= 15 is 0 Å². The summed E-state index contributed by atoms with van der Waals surface area (Å²) >= 11 is 1.75. The lowest BCUT2D eigenvalue weighted by Crippen LogP contribution is -2.17. The van der Waals surface area contributed by atoms with Gasteiger partial charge in [-0.05, 0) is 20.8 Å². The highest BCUT2D eigenvalue weighted by molar-refractivity contribution is 7.11. The van der Waals surface area contributed by atoms with Crippen molar-refractivity contribution in [2.24, 2.45) is 0 Å². The minimum atomic E-state index is 0.290. The first-order valence-corrected chi connectivity index (χ1v) is 6.67. The average molecular weight is 250 g/mol. The Kier molecular flexibility index (Phi) is 3.91. The van der Waals surface area contributed by atoms with Crippen LogP contribution < -0.4 is 5.32 Å². The van der Waals surface area contributed by atoms with Gasteiger partial charge in [-0.2, -0.15) is 5.10 Å². The molecule has 0 saturated heterocycles. The highest BCUT2D eigenvalue weighted by Gasteiger charge is 2.09. The first-order chi connectivity index (χ1) is 8.19. The molecule has 17 heavy (non-hydrogen) atoms. The summed E-state index contributed by atoms with van der Waals surface area (Å²) in [5.41, 5.74) is 1.21. The molecule has 0 bridgehead atoms. The van der Waals surface area contributed by atoms with Crippen LogP contribution >= 0.6 is 11.3 Å². The van der Waals surface area contributed by atoms with Crippen LogP contribution in [0, 0.1) is 6.92 Å². The minimum Gasteiger partial charge on any atom is -0.304 e. The molecule has 1 unspecified atom stereocenters. The molecule has 5 heteroatoms. The molecule has 2 rings (SSSR count). The van der Waals surface area contributed by atoms with Crippen LogP contribution in [0.3, 0.4) is 0 Å². The van der Waals surface area contributed by atoms with Crippen LogP contribution in [-0.2, 0) is 13.1 Å². The van der Waals surface area contributed by atoms with E-state index in [9.17, 15) is 0 Å². The van der Waals surface area contributed by atoms with E-state index in [1.165, 1.54) is 10.4 Å². The molecular formula is C12H18N4S. The maximum Gasteiger partial charge on any atom is 0.109 e. The number of thiazole rings is 1. The maximum atomic E-state index is 4.38. The molecule has 0 aliphatic carbocycles. The van der Waals surface area contributed by atoms with Gasteiger partial charge < -0.3 is 5.32 Å². The molecule has 92 valence electrons. The first-order valence-electron chi connectivity index (χ1n) is 5.86. The Balaban J connectivity index is 1.89. The monoisotopic (exact) mass is 250 g/mol. The lowest BCUT2D eigenvalue weighted by Gasteiger charge is -2.09. The number of nitrogens with one attached hydrogen (secondary N) is 1. The van der Waals surface area contributed by atoms with Crippen molar-refractivity contribution in [2.75, 3.05) is 0 Å². The lowest BCUT2D eigenvalue weighted by molar-refractivity contribution is 0.571. The largest absolute Gasteiger partial charge is 0.304 e. The summed E-state index contributed by atoms with van der Waals surface area (Å²) in [6.45, 7) is 8.06. The molecule has 0 saturated carbocycles. The quantitative estimate of drug-likeness (QED) is 0.886. The van der Waals surface area contributed by atoms with Gasteiger partial charge in [0.05, 0.1) is 12.2 Å². The Labute approximate surface area is 106 Å². The van der Waals surface area contributed by atoms with Gasteiger partial charge in [0, 0.05) is 35.9 Å². The van der Waals surface area contributed by atoms with Crippen molar-refractivity contribution in [1.29, 1.82) is 0 Å². The minimum absolute atomic E-state index is 0.290. The van der Waals surface area contributed by atoms with Crippen molar-refractivity contribution < 1.29 is 0 Å². The third-order valence-electron chi connectivity index (χ3n) is 2.63. The summed E-state index contributed by atoms with van der Waals surface area (Å²) in [6.07, 6.45) is 5.91. The van der Waals surface area contributed by atoms with E-state index in [-0.39, 0.29) is 0 Å². The molecule has 0 spiro atoms. The molecule has 0 aliphatic rings. The Morgan fingerprint density at radius 2 is 2.29 bits per heavy atom. The normalized spacial score (nSPS) is 12.9. The number of aryl methyl sites for hydroxylation is 2. The van der Waals surface area contributed by atoms with E-state index < -0.39 is 0 Å². The average Bonchev–Trinajstić information content (AvgIpc) is 2.94. The molecule has 1 N–H and O–H groups in total. The second-order valence-corrected chi connectivity index (χ2v) is 5.38. The zero-order chi connectivity index (χ0) is 12.3. The van der Waals surface area contributed by atoms with Gasteiger partial charge in [-0.25, -0.2) is 4.98 Å². The molecule has 2 aromatic heterocycles. The summed E-state index contributed by atoms with van der Waals surface area (Å²) in [5.74, 6) is 0. The van der Waals surface area contributed by atoms with E-state index in [4.69, 9.17) is 0 Å². The van der Waals surface area contributed by atoms with E-state index in [0.29, 0.717) is 6.04 Å². The highest BCUT2D eigenvalue weighted by atomic mass is 32.1. The molecule has 0 amide bonds. The topological polar surface area (TPSA) is 42.7 Å². The van der Waals surface area contributed by atoms with Gasteiger partial charge in [0.1, 0.15) is 5.01 Å². The van der Waals surface area contributed by atoms with Crippen molar-refractivity contribution in [3.8, 4) is 0 Å². The zero-order valence-corrected chi connectivity index (χ0v) is 11.3. The number of nitrogens with zero attached hydrogens (tertiary/aromatic N) is 3. The van der Waals surface area contributed by atoms with Gasteiger partial charge in [-0.1, -0.05) is 0 Å². The standard InChI is InChI=1S/C12H18N4S/c1-4-16-8-11(7-15-16)6-13-10(3)12-14-5-9(2)17-12/h5,7-8,10,13H,4,6H2,1-3H3. The molecule has 2 heterocycles. The smallest absolute Gasteiger partial charge is 0.109 e. The summed E-state index contributed by atoms with van der Waals surface area (Å²) in [4.78, 5) is 5.64. The fourth-order valence-electron chi connectivity index (χ4n) is 1.60. The Bertz CT molecular complexity index is 474. The van der Waals surface area contributed by atoms with Gasteiger partial charge >= 0.3 is 0 Å². The van der Waals surface area contributed by atoms with Crippen LogP contribution in [0.15, 0.2) is 18.6 Å². The van der Waals surface area contributed by atoms with Gasteiger partial charge in [-0.15, -0.1) is 11.3 Å². The summed E-state index contributed by atoms with van der Waals surface area (Å²) < 4.78 is 1.94. The number of hydrogen-bond donors (Lipinski definition) is 1. The van der Waals surface area contributed by atoms with Crippen LogP contribution in [-0.4, -0.2) is 14.8 Å². The van der Waals surface area contributed by atoms with Crippen LogP contribution in [0.5, 0.6) is 0 Å². The van der Waals surface area contributed by atoms with E-state index in [2.05, 4.69) is 42.4 Å². The fourth-order valence-corrected chi connectivity index (χ4v) is 2.40. The zero-order valence-electron chi connectivity index (χ0n) is 10.5. The van der Waals surface area contributed by atoms with Crippen molar-refractivity contribution in [3.05, 3.63) is 34.0 Å². The Morgan fingerprint density at radius 1 is 1.47 bits per heavy atom. The third-order valence-corrected chi connectivity index (χ3v) is 3.73. The summed E-state index contributed by atoms with van der Waals surface area (Å²) in [6, 6.07) is 0.290. The second kappa shape index (κ2) is 5.42. The van der Waals surface area contributed by atoms with Gasteiger partial charge in [0.15, 0.2) is 0 Å². The maximum absolute atomic E-state index is 4.38. The fraction of sp³-hybridized carbons (Fsp3) is 0.500.